The molecule has 0 unspecified atom stereocenters. The van der Waals surface area contributed by atoms with E-state index in [-0.39, 0.29) is 0 Å². The molecular formula is C12H16N2. The van der Waals surface area contributed by atoms with Crippen LogP contribution in [0.3, 0.4) is 0 Å². The molecule has 1 aromatic carbocycles. The van der Waals surface area contributed by atoms with Gasteiger partial charge in [0.15, 0.2) is 0 Å². The van der Waals surface area contributed by atoms with Crippen LogP contribution in [0.1, 0.15) is 18.9 Å². The first-order valence-corrected chi connectivity index (χ1v) is 4.81. The molecule has 0 saturated heterocycles. The van der Waals surface area contributed by atoms with E-state index in [1.165, 1.54) is 5.56 Å². The summed E-state index contributed by atoms with van der Waals surface area (Å²) in [6.45, 7) is 2.03. The Kier molecular flexibility index (Phi) is 4.62. The molecule has 0 bridgehead atoms. The van der Waals surface area contributed by atoms with Crippen LogP contribution >= 0.6 is 0 Å². The fourth-order valence-corrected chi connectivity index (χ4v) is 1.19. The van der Waals surface area contributed by atoms with Crippen LogP contribution in [0.25, 0.3) is 0 Å². The molecular weight excluding hydrogens is 172 g/mol. The van der Waals surface area contributed by atoms with Crippen molar-refractivity contribution < 1.29 is 0 Å². The van der Waals surface area contributed by atoms with Crippen LogP contribution < -0.4 is 0 Å². The average molecular weight is 188 g/mol. The lowest BCUT2D eigenvalue weighted by molar-refractivity contribution is 1.03. The van der Waals surface area contributed by atoms with Gasteiger partial charge in [-0.1, -0.05) is 30.3 Å². The Hall–Kier alpha value is -1.44. The van der Waals surface area contributed by atoms with Crippen molar-refractivity contribution in [1.29, 1.82) is 0 Å². The van der Waals surface area contributed by atoms with Gasteiger partial charge < -0.3 is 0 Å². The maximum atomic E-state index is 4.18. The van der Waals surface area contributed by atoms with Crippen molar-refractivity contribution in [2.45, 2.75) is 19.8 Å². The first-order chi connectivity index (χ1) is 6.83. The third-order valence-corrected chi connectivity index (χ3v) is 2.01. The van der Waals surface area contributed by atoms with E-state index in [9.17, 15) is 0 Å². The van der Waals surface area contributed by atoms with E-state index in [2.05, 4.69) is 34.3 Å². The molecule has 0 fully saturated rings. The Morgan fingerprint density at radius 3 is 2.64 bits per heavy atom. The van der Waals surface area contributed by atoms with E-state index in [4.69, 9.17) is 0 Å². The molecule has 0 aliphatic rings. The number of nitrogens with zero attached hydrogens (tertiary/aromatic N) is 2. The third kappa shape index (κ3) is 3.99. The summed E-state index contributed by atoms with van der Waals surface area (Å²) in [5.74, 6) is 0. The highest BCUT2D eigenvalue weighted by molar-refractivity contribution is 5.88. The van der Waals surface area contributed by atoms with Gasteiger partial charge in [-0.2, -0.15) is 0 Å². The van der Waals surface area contributed by atoms with Gasteiger partial charge in [0.05, 0.1) is 0 Å². The molecule has 1 aromatic rings. The highest BCUT2D eigenvalue weighted by Gasteiger charge is 1.93. The highest BCUT2D eigenvalue weighted by atomic mass is 14.8. The number of hydrogen-bond acceptors (Lipinski definition) is 1. The number of aryl methyl sites for hydroxylation is 1. The van der Waals surface area contributed by atoms with Gasteiger partial charge in [-0.3, -0.25) is 4.99 Å². The van der Waals surface area contributed by atoms with Crippen LogP contribution in [0.5, 0.6) is 0 Å². The first kappa shape index (κ1) is 10.6. The third-order valence-electron chi connectivity index (χ3n) is 2.01. The Morgan fingerprint density at radius 1 is 1.29 bits per heavy atom. The maximum Gasteiger partial charge on any atom is 0.109 e. The summed E-state index contributed by atoms with van der Waals surface area (Å²) >= 11 is 0. The topological polar surface area (TPSA) is 24.7 Å². The van der Waals surface area contributed by atoms with Gasteiger partial charge in [-0.25, -0.2) is 4.99 Å². The van der Waals surface area contributed by atoms with E-state index in [0.29, 0.717) is 0 Å². The Labute approximate surface area is 85.4 Å². The van der Waals surface area contributed by atoms with Crippen molar-refractivity contribution in [2.24, 2.45) is 9.98 Å². The van der Waals surface area contributed by atoms with Gasteiger partial charge in [0, 0.05) is 12.8 Å². The van der Waals surface area contributed by atoms with Gasteiger partial charge in [-0.05, 0) is 25.3 Å². The molecule has 0 saturated carbocycles. The van der Waals surface area contributed by atoms with Crippen LogP contribution in [0.15, 0.2) is 40.3 Å². The lowest BCUT2D eigenvalue weighted by Crippen LogP contribution is -1.95. The second kappa shape index (κ2) is 6.08. The van der Waals surface area contributed by atoms with Crippen LogP contribution in [-0.2, 0) is 6.42 Å². The normalized spacial score (nSPS) is 12.3. The molecule has 1 rings (SSSR count). The summed E-state index contributed by atoms with van der Waals surface area (Å²) in [7, 11) is 1.73. The van der Waals surface area contributed by atoms with Crippen LogP contribution in [0.2, 0.25) is 0 Å². The van der Waals surface area contributed by atoms with Gasteiger partial charge in [0.2, 0.25) is 0 Å². The molecule has 74 valence electrons. The minimum Gasteiger partial charge on any atom is -0.277 e. The molecule has 2 nitrogen and oxygen atoms in total. The quantitative estimate of drug-likeness (QED) is 0.512. The SMILES string of the molecule is C/N=C\N=C(/C)CCc1ccccc1. The van der Waals surface area contributed by atoms with Crippen molar-refractivity contribution in [1.82, 2.24) is 0 Å². The Morgan fingerprint density at radius 2 is 2.00 bits per heavy atom. The molecule has 0 aromatic heterocycles. The summed E-state index contributed by atoms with van der Waals surface area (Å²) in [4.78, 5) is 8.00. The summed E-state index contributed by atoms with van der Waals surface area (Å²) in [5, 5.41) is 0. The zero-order chi connectivity index (χ0) is 10.2. The molecule has 0 aliphatic heterocycles. The molecule has 0 N–H and O–H groups in total. The van der Waals surface area contributed by atoms with Crippen molar-refractivity contribution >= 4 is 12.1 Å². The highest BCUT2D eigenvalue weighted by Crippen LogP contribution is 2.02. The van der Waals surface area contributed by atoms with E-state index >= 15 is 0 Å². The molecule has 0 radical (unpaired) electrons. The molecule has 0 atom stereocenters. The minimum atomic E-state index is 0.996. The van der Waals surface area contributed by atoms with Crippen LogP contribution in [0, 0.1) is 0 Å². The summed E-state index contributed by atoms with van der Waals surface area (Å²) < 4.78 is 0. The smallest absolute Gasteiger partial charge is 0.109 e. The monoisotopic (exact) mass is 188 g/mol. The minimum absolute atomic E-state index is 0.996. The lowest BCUT2D eigenvalue weighted by atomic mass is 10.1. The Bertz CT molecular complexity index is 312. The predicted octanol–water partition coefficient (Wildman–Crippen LogP) is 2.74. The second-order valence-electron chi connectivity index (χ2n) is 3.22. The zero-order valence-electron chi connectivity index (χ0n) is 8.77. The molecule has 2 heteroatoms. The number of aliphatic imine (C=N–C) groups is 2. The molecule has 0 heterocycles. The van der Waals surface area contributed by atoms with Gasteiger partial charge in [-0.15, -0.1) is 0 Å². The van der Waals surface area contributed by atoms with E-state index in [1.54, 1.807) is 13.4 Å². The van der Waals surface area contributed by atoms with E-state index < -0.39 is 0 Å². The molecule has 0 amide bonds. The maximum absolute atomic E-state index is 4.18. The van der Waals surface area contributed by atoms with Crippen molar-refractivity contribution in [3.63, 3.8) is 0 Å². The molecule has 0 aliphatic carbocycles. The average Bonchev–Trinajstić information content (AvgIpc) is 2.25. The largest absolute Gasteiger partial charge is 0.277 e. The first-order valence-electron chi connectivity index (χ1n) is 4.81. The summed E-state index contributed by atoms with van der Waals surface area (Å²) in [6.07, 6.45) is 3.64. The van der Waals surface area contributed by atoms with E-state index in [0.717, 1.165) is 18.6 Å². The Balaban J connectivity index is 2.41. The van der Waals surface area contributed by atoms with Gasteiger partial charge in [0.25, 0.3) is 0 Å². The standard InChI is InChI=1S/C12H16N2/c1-11(14-10-13-2)8-9-12-6-4-3-5-7-12/h3-7,10H,8-9H2,1-2H3/b13-10-,14-11+. The zero-order valence-corrected chi connectivity index (χ0v) is 8.77. The number of hydrogen-bond donors (Lipinski definition) is 0. The van der Waals surface area contributed by atoms with Gasteiger partial charge in [0.1, 0.15) is 6.34 Å². The molecule has 14 heavy (non-hydrogen) atoms. The van der Waals surface area contributed by atoms with E-state index in [1.807, 2.05) is 13.0 Å². The number of benzene rings is 1. The summed E-state index contributed by atoms with van der Waals surface area (Å²) in [5.41, 5.74) is 2.48. The molecule has 0 spiro atoms. The number of rotatable bonds is 4. The predicted molar refractivity (Wildman–Crippen MR) is 62.3 cm³/mol. The van der Waals surface area contributed by atoms with Crippen molar-refractivity contribution in [3.8, 4) is 0 Å². The van der Waals surface area contributed by atoms with Crippen LogP contribution in [0.4, 0.5) is 0 Å². The fourth-order valence-electron chi connectivity index (χ4n) is 1.19. The summed E-state index contributed by atoms with van der Waals surface area (Å²) in [6, 6.07) is 10.4. The van der Waals surface area contributed by atoms with Gasteiger partial charge >= 0.3 is 0 Å². The van der Waals surface area contributed by atoms with Crippen LogP contribution in [-0.4, -0.2) is 19.1 Å². The second-order valence-corrected chi connectivity index (χ2v) is 3.22. The van der Waals surface area contributed by atoms with Crippen molar-refractivity contribution in [3.05, 3.63) is 35.9 Å². The lowest BCUT2D eigenvalue weighted by Gasteiger charge is -1.99. The van der Waals surface area contributed by atoms with Crippen molar-refractivity contribution in [2.75, 3.05) is 7.05 Å². The fraction of sp³-hybridized carbons (Fsp3) is 0.333.